The van der Waals surface area contributed by atoms with E-state index in [9.17, 15) is 4.79 Å². The number of amides is 1. The van der Waals surface area contributed by atoms with Gasteiger partial charge in [-0.1, -0.05) is 13.8 Å². The Morgan fingerprint density at radius 2 is 2.07 bits per heavy atom. The van der Waals surface area contributed by atoms with Crippen LogP contribution in [0.3, 0.4) is 0 Å². The van der Waals surface area contributed by atoms with Gasteiger partial charge in [-0.2, -0.15) is 0 Å². The summed E-state index contributed by atoms with van der Waals surface area (Å²) >= 11 is 0. The zero-order chi connectivity index (χ0) is 11.0. The lowest BCUT2D eigenvalue weighted by Gasteiger charge is -2.16. The molecule has 2 N–H and O–H groups in total. The molecule has 0 aromatic carbocycles. The second-order valence-corrected chi connectivity index (χ2v) is 4.04. The molecule has 0 saturated carbocycles. The standard InChI is InChI=1S/C10H23N3O/c1-9(2)7-12-10(14)8-13(4)6-5-11-3/h9,11H,5-8H2,1-4H3,(H,12,14). The highest BCUT2D eigenvalue weighted by Gasteiger charge is 2.05. The Morgan fingerprint density at radius 1 is 1.43 bits per heavy atom. The third kappa shape index (κ3) is 8.01. The van der Waals surface area contributed by atoms with Gasteiger partial charge in [-0.3, -0.25) is 9.69 Å². The van der Waals surface area contributed by atoms with Gasteiger partial charge in [0.2, 0.25) is 5.91 Å². The van der Waals surface area contributed by atoms with Gasteiger partial charge in [-0.05, 0) is 20.0 Å². The monoisotopic (exact) mass is 201 g/mol. The minimum absolute atomic E-state index is 0.109. The number of likely N-dealkylation sites (N-methyl/N-ethyl adjacent to an activating group) is 2. The van der Waals surface area contributed by atoms with E-state index in [1.54, 1.807) is 0 Å². The molecule has 4 heteroatoms. The van der Waals surface area contributed by atoms with E-state index in [4.69, 9.17) is 0 Å². The molecule has 0 aromatic rings. The minimum Gasteiger partial charge on any atom is -0.355 e. The summed E-state index contributed by atoms with van der Waals surface area (Å²) in [7, 11) is 3.86. The third-order valence-corrected chi connectivity index (χ3v) is 1.86. The maximum atomic E-state index is 11.3. The summed E-state index contributed by atoms with van der Waals surface area (Å²) < 4.78 is 0. The topological polar surface area (TPSA) is 44.4 Å². The van der Waals surface area contributed by atoms with Crippen LogP contribution in [0.4, 0.5) is 0 Å². The summed E-state index contributed by atoms with van der Waals surface area (Å²) in [5.41, 5.74) is 0. The number of carbonyl (C=O) groups excluding carboxylic acids is 1. The van der Waals surface area contributed by atoms with Gasteiger partial charge < -0.3 is 10.6 Å². The maximum Gasteiger partial charge on any atom is 0.234 e. The summed E-state index contributed by atoms with van der Waals surface area (Å²) in [4.78, 5) is 13.4. The first-order valence-corrected chi connectivity index (χ1v) is 5.16. The van der Waals surface area contributed by atoms with Crippen LogP contribution in [-0.4, -0.2) is 51.1 Å². The van der Waals surface area contributed by atoms with Gasteiger partial charge >= 0.3 is 0 Å². The molecule has 0 spiro atoms. The zero-order valence-electron chi connectivity index (χ0n) is 9.76. The molecule has 4 nitrogen and oxygen atoms in total. The van der Waals surface area contributed by atoms with Gasteiger partial charge in [0.15, 0.2) is 0 Å². The van der Waals surface area contributed by atoms with Gasteiger partial charge in [0.25, 0.3) is 0 Å². The van der Waals surface area contributed by atoms with Crippen LogP contribution in [0.1, 0.15) is 13.8 Å². The van der Waals surface area contributed by atoms with Crippen LogP contribution in [0.5, 0.6) is 0 Å². The van der Waals surface area contributed by atoms with Crippen LogP contribution in [0.25, 0.3) is 0 Å². The van der Waals surface area contributed by atoms with Crippen molar-refractivity contribution in [2.45, 2.75) is 13.8 Å². The van der Waals surface area contributed by atoms with E-state index in [-0.39, 0.29) is 5.91 Å². The van der Waals surface area contributed by atoms with Crippen LogP contribution in [0, 0.1) is 5.92 Å². The summed E-state index contributed by atoms with van der Waals surface area (Å²) in [6, 6.07) is 0. The lowest BCUT2D eigenvalue weighted by atomic mass is 10.2. The fourth-order valence-electron chi connectivity index (χ4n) is 1.00. The van der Waals surface area contributed by atoms with Crippen molar-refractivity contribution in [3.8, 4) is 0 Å². The average molecular weight is 201 g/mol. The van der Waals surface area contributed by atoms with Gasteiger partial charge in [0, 0.05) is 19.6 Å². The molecule has 1 amide bonds. The molecule has 0 rings (SSSR count). The smallest absolute Gasteiger partial charge is 0.234 e. The molecule has 0 aliphatic carbocycles. The fourth-order valence-corrected chi connectivity index (χ4v) is 1.00. The van der Waals surface area contributed by atoms with Crippen LogP contribution < -0.4 is 10.6 Å². The van der Waals surface area contributed by atoms with Gasteiger partial charge in [-0.25, -0.2) is 0 Å². The Labute approximate surface area is 87.0 Å². The van der Waals surface area contributed by atoms with Crippen molar-refractivity contribution in [1.82, 2.24) is 15.5 Å². The molecule has 0 bridgehead atoms. The maximum absolute atomic E-state index is 11.3. The lowest BCUT2D eigenvalue weighted by Crippen LogP contribution is -2.38. The normalized spacial score (nSPS) is 11.0. The third-order valence-electron chi connectivity index (χ3n) is 1.86. The summed E-state index contributed by atoms with van der Waals surface area (Å²) in [5, 5.41) is 5.94. The second-order valence-electron chi connectivity index (χ2n) is 4.04. The van der Waals surface area contributed by atoms with Crippen molar-refractivity contribution in [2.24, 2.45) is 5.92 Å². The molecule has 0 radical (unpaired) electrons. The van der Waals surface area contributed by atoms with Crippen LogP contribution >= 0.6 is 0 Å². The second kappa shape index (κ2) is 7.76. The fraction of sp³-hybridized carbons (Fsp3) is 0.900. The Kier molecular flexibility index (Phi) is 7.42. The summed E-state index contributed by atoms with van der Waals surface area (Å²) in [6.07, 6.45) is 0. The predicted molar refractivity (Wildman–Crippen MR) is 59.3 cm³/mol. The quantitative estimate of drug-likeness (QED) is 0.605. The first-order valence-electron chi connectivity index (χ1n) is 5.16. The predicted octanol–water partition coefficient (Wildman–Crippen LogP) is -0.0902. The van der Waals surface area contributed by atoms with Crippen molar-refractivity contribution in [2.75, 3.05) is 40.3 Å². The van der Waals surface area contributed by atoms with Crippen molar-refractivity contribution < 1.29 is 4.79 Å². The molecule has 0 unspecified atom stereocenters. The Balaban J connectivity index is 3.50. The van der Waals surface area contributed by atoms with E-state index >= 15 is 0 Å². The number of carbonyl (C=O) groups is 1. The average Bonchev–Trinajstić information content (AvgIpc) is 2.11. The molecule has 0 atom stereocenters. The number of rotatable bonds is 7. The SMILES string of the molecule is CNCCN(C)CC(=O)NCC(C)C. The molecule has 0 saturated heterocycles. The van der Waals surface area contributed by atoms with E-state index in [0.717, 1.165) is 19.6 Å². The van der Waals surface area contributed by atoms with Crippen molar-refractivity contribution >= 4 is 5.91 Å². The molecule has 0 fully saturated rings. The van der Waals surface area contributed by atoms with Gasteiger partial charge in [0.1, 0.15) is 0 Å². The number of hydrogen-bond donors (Lipinski definition) is 2. The molecule has 0 aromatic heterocycles. The van der Waals surface area contributed by atoms with E-state index < -0.39 is 0 Å². The summed E-state index contributed by atoms with van der Waals surface area (Å²) in [5.74, 6) is 0.624. The molecule has 14 heavy (non-hydrogen) atoms. The highest BCUT2D eigenvalue weighted by Crippen LogP contribution is 1.87. The van der Waals surface area contributed by atoms with Crippen LogP contribution in [0.2, 0.25) is 0 Å². The van der Waals surface area contributed by atoms with Gasteiger partial charge in [0.05, 0.1) is 6.54 Å². The zero-order valence-corrected chi connectivity index (χ0v) is 9.76. The molecule has 0 aliphatic rings. The van der Waals surface area contributed by atoms with E-state index in [1.165, 1.54) is 0 Å². The van der Waals surface area contributed by atoms with Crippen molar-refractivity contribution in [3.05, 3.63) is 0 Å². The Morgan fingerprint density at radius 3 is 2.57 bits per heavy atom. The summed E-state index contributed by atoms with van der Waals surface area (Å²) in [6.45, 7) is 7.22. The van der Waals surface area contributed by atoms with E-state index in [1.807, 2.05) is 19.0 Å². The first kappa shape index (κ1) is 13.4. The molecular formula is C10H23N3O. The largest absolute Gasteiger partial charge is 0.355 e. The number of nitrogens with one attached hydrogen (secondary N) is 2. The van der Waals surface area contributed by atoms with Crippen LogP contribution in [-0.2, 0) is 4.79 Å². The van der Waals surface area contributed by atoms with Crippen molar-refractivity contribution in [3.63, 3.8) is 0 Å². The minimum atomic E-state index is 0.109. The van der Waals surface area contributed by atoms with E-state index in [2.05, 4.69) is 24.5 Å². The molecular weight excluding hydrogens is 178 g/mol. The molecule has 84 valence electrons. The molecule has 0 aliphatic heterocycles. The van der Waals surface area contributed by atoms with E-state index in [0.29, 0.717) is 12.5 Å². The molecule has 0 heterocycles. The lowest BCUT2D eigenvalue weighted by molar-refractivity contribution is -0.122. The van der Waals surface area contributed by atoms with Crippen LogP contribution in [0.15, 0.2) is 0 Å². The number of nitrogens with zero attached hydrogens (tertiary/aromatic N) is 1. The Hall–Kier alpha value is -0.610. The number of hydrogen-bond acceptors (Lipinski definition) is 3. The Bertz CT molecular complexity index is 159. The highest BCUT2D eigenvalue weighted by atomic mass is 16.2. The van der Waals surface area contributed by atoms with Crippen molar-refractivity contribution in [1.29, 1.82) is 0 Å². The first-order chi connectivity index (χ1) is 6.56. The van der Waals surface area contributed by atoms with Gasteiger partial charge in [-0.15, -0.1) is 0 Å². The highest BCUT2D eigenvalue weighted by molar-refractivity contribution is 5.77.